The van der Waals surface area contributed by atoms with E-state index >= 15 is 0 Å². The van der Waals surface area contributed by atoms with Crippen molar-refractivity contribution in [3.05, 3.63) is 20.8 Å². The van der Waals surface area contributed by atoms with Gasteiger partial charge in [-0.05, 0) is 65.2 Å². The lowest BCUT2D eigenvalue weighted by atomic mass is 9.90. The van der Waals surface area contributed by atoms with E-state index in [1.54, 1.807) is 15.6 Å². The summed E-state index contributed by atoms with van der Waals surface area (Å²) in [6.07, 6.45) is 4.35. The molecule has 1 fully saturated rings. The molecule has 114 valence electrons. The number of thiophene rings is 1. The molecule has 7 heteroatoms. The zero-order valence-corrected chi connectivity index (χ0v) is 15.0. The largest absolute Gasteiger partial charge is 0.313 e. The van der Waals surface area contributed by atoms with E-state index in [9.17, 15) is 8.42 Å². The van der Waals surface area contributed by atoms with Gasteiger partial charge in [0.2, 0.25) is 10.0 Å². The van der Waals surface area contributed by atoms with Gasteiger partial charge in [0.15, 0.2) is 0 Å². The Bertz CT molecular complexity index is 544. The van der Waals surface area contributed by atoms with Crippen LogP contribution in [-0.2, 0) is 10.0 Å². The number of sulfonamides is 1. The second kappa shape index (κ2) is 6.87. The zero-order chi connectivity index (χ0) is 14.8. The van der Waals surface area contributed by atoms with Gasteiger partial charge in [-0.25, -0.2) is 12.7 Å². The van der Waals surface area contributed by atoms with Gasteiger partial charge in [0, 0.05) is 19.1 Å². The zero-order valence-electron chi connectivity index (χ0n) is 11.8. The van der Waals surface area contributed by atoms with Crippen LogP contribution in [0.1, 0.15) is 30.9 Å². The molecule has 1 aromatic heterocycles. The molecule has 20 heavy (non-hydrogen) atoms. The summed E-state index contributed by atoms with van der Waals surface area (Å²) in [7, 11) is -1.09. The molecule has 0 spiro atoms. The molecule has 0 amide bonds. The van der Waals surface area contributed by atoms with Crippen LogP contribution in [0.2, 0.25) is 0 Å². The molecule has 0 radical (unpaired) electrons. The van der Waals surface area contributed by atoms with E-state index in [1.165, 1.54) is 11.8 Å². The van der Waals surface area contributed by atoms with Crippen molar-refractivity contribution in [3.63, 3.8) is 0 Å². The van der Waals surface area contributed by atoms with Crippen molar-refractivity contribution in [1.82, 2.24) is 9.62 Å². The summed E-state index contributed by atoms with van der Waals surface area (Å²) in [5.41, 5.74) is 1.28. The number of hydrogen-bond acceptors (Lipinski definition) is 4. The highest BCUT2D eigenvalue weighted by atomic mass is 79.9. The predicted molar refractivity (Wildman–Crippen MR) is 87.6 cm³/mol. The molecule has 1 N–H and O–H groups in total. The first-order valence-electron chi connectivity index (χ1n) is 6.76. The van der Waals surface area contributed by atoms with E-state index in [0.29, 0.717) is 25.0 Å². The van der Waals surface area contributed by atoms with Crippen molar-refractivity contribution in [2.45, 2.75) is 25.3 Å². The minimum Gasteiger partial charge on any atom is -0.313 e. The van der Waals surface area contributed by atoms with Gasteiger partial charge in [-0.1, -0.05) is 0 Å². The summed E-state index contributed by atoms with van der Waals surface area (Å²) in [6, 6.07) is 2.44. The van der Waals surface area contributed by atoms with Gasteiger partial charge >= 0.3 is 0 Å². The molecule has 1 aliphatic heterocycles. The van der Waals surface area contributed by atoms with Gasteiger partial charge in [0.1, 0.15) is 0 Å². The topological polar surface area (TPSA) is 49.4 Å². The fourth-order valence-corrected chi connectivity index (χ4v) is 4.95. The van der Waals surface area contributed by atoms with E-state index in [1.807, 2.05) is 7.05 Å². The van der Waals surface area contributed by atoms with Crippen LogP contribution in [0.15, 0.2) is 15.2 Å². The van der Waals surface area contributed by atoms with Crippen molar-refractivity contribution in [1.29, 1.82) is 0 Å². The Morgan fingerprint density at radius 2 is 2.35 bits per heavy atom. The molecular weight excluding hydrogens is 360 g/mol. The Hall–Kier alpha value is 0.0500. The van der Waals surface area contributed by atoms with E-state index in [0.717, 1.165) is 23.0 Å². The Labute approximate surface area is 133 Å². The SMILES string of the molecule is CNC(CC1CCCN(S(C)(=O)=O)C1)c1csc(Br)c1. The first-order chi connectivity index (χ1) is 9.40. The van der Waals surface area contributed by atoms with Crippen LogP contribution in [0.3, 0.4) is 0 Å². The average molecular weight is 381 g/mol. The predicted octanol–water partition coefficient (Wildman–Crippen LogP) is 2.83. The van der Waals surface area contributed by atoms with Crippen molar-refractivity contribution in [2.24, 2.45) is 5.92 Å². The van der Waals surface area contributed by atoms with E-state index < -0.39 is 10.0 Å². The molecule has 0 bridgehead atoms. The fourth-order valence-electron chi connectivity index (χ4n) is 2.78. The number of halogens is 1. The van der Waals surface area contributed by atoms with Crippen molar-refractivity contribution in [2.75, 3.05) is 26.4 Å². The lowest BCUT2D eigenvalue weighted by Crippen LogP contribution is -2.40. The van der Waals surface area contributed by atoms with Crippen molar-refractivity contribution in [3.8, 4) is 0 Å². The van der Waals surface area contributed by atoms with Crippen LogP contribution < -0.4 is 5.32 Å². The summed E-state index contributed by atoms with van der Waals surface area (Å²) in [5, 5.41) is 5.51. The first kappa shape index (κ1) is 16.4. The summed E-state index contributed by atoms with van der Waals surface area (Å²) < 4.78 is 26.1. The molecular formula is C13H21BrN2O2S2. The third-order valence-electron chi connectivity index (χ3n) is 3.86. The highest BCUT2D eigenvalue weighted by Gasteiger charge is 2.27. The molecule has 0 aromatic carbocycles. The number of nitrogens with zero attached hydrogens (tertiary/aromatic N) is 1. The lowest BCUT2D eigenvalue weighted by Gasteiger charge is -2.32. The van der Waals surface area contributed by atoms with E-state index in [4.69, 9.17) is 0 Å². The number of rotatable bonds is 5. The standard InChI is InChI=1S/C13H21BrN2O2S2/c1-15-12(11-7-13(14)19-9-11)6-10-4-3-5-16(8-10)20(2,17)18/h7,9-10,12,15H,3-6,8H2,1-2H3. The van der Waals surface area contributed by atoms with Gasteiger partial charge in [-0.15, -0.1) is 11.3 Å². The number of piperidine rings is 1. The third-order valence-corrected chi connectivity index (χ3v) is 6.65. The minimum atomic E-state index is -3.05. The van der Waals surface area contributed by atoms with Crippen LogP contribution in [-0.4, -0.2) is 39.1 Å². The van der Waals surface area contributed by atoms with Gasteiger partial charge < -0.3 is 5.32 Å². The van der Waals surface area contributed by atoms with Gasteiger partial charge in [-0.2, -0.15) is 0 Å². The summed E-state index contributed by atoms with van der Waals surface area (Å²) in [6.45, 7) is 1.33. The summed E-state index contributed by atoms with van der Waals surface area (Å²) >= 11 is 5.18. The van der Waals surface area contributed by atoms with Crippen LogP contribution in [0.4, 0.5) is 0 Å². The average Bonchev–Trinajstić information content (AvgIpc) is 2.82. The maximum Gasteiger partial charge on any atom is 0.211 e. The molecule has 0 aliphatic carbocycles. The van der Waals surface area contributed by atoms with Crippen LogP contribution >= 0.6 is 27.3 Å². The molecule has 1 aliphatic rings. The minimum absolute atomic E-state index is 0.294. The molecule has 4 nitrogen and oxygen atoms in total. The van der Waals surface area contributed by atoms with E-state index in [-0.39, 0.29) is 0 Å². The quantitative estimate of drug-likeness (QED) is 0.853. The molecule has 0 saturated carbocycles. The van der Waals surface area contributed by atoms with E-state index in [2.05, 4.69) is 32.7 Å². The smallest absolute Gasteiger partial charge is 0.211 e. The molecule has 2 heterocycles. The van der Waals surface area contributed by atoms with Crippen molar-refractivity contribution >= 4 is 37.3 Å². The van der Waals surface area contributed by atoms with Crippen LogP contribution in [0.25, 0.3) is 0 Å². The van der Waals surface area contributed by atoms with Gasteiger partial charge in [0.05, 0.1) is 10.0 Å². The first-order valence-corrected chi connectivity index (χ1v) is 10.3. The monoisotopic (exact) mass is 380 g/mol. The lowest BCUT2D eigenvalue weighted by molar-refractivity contribution is 0.241. The maximum absolute atomic E-state index is 11.7. The van der Waals surface area contributed by atoms with Gasteiger partial charge in [-0.3, -0.25) is 0 Å². The summed E-state index contributed by atoms with van der Waals surface area (Å²) in [5.74, 6) is 0.426. The third kappa shape index (κ3) is 4.27. The van der Waals surface area contributed by atoms with Crippen molar-refractivity contribution < 1.29 is 8.42 Å². The Morgan fingerprint density at radius 1 is 1.60 bits per heavy atom. The van der Waals surface area contributed by atoms with Gasteiger partial charge in [0.25, 0.3) is 0 Å². The maximum atomic E-state index is 11.7. The van der Waals surface area contributed by atoms with Crippen LogP contribution in [0, 0.1) is 5.92 Å². The molecule has 2 atom stereocenters. The number of hydrogen-bond donors (Lipinski definition) is 1. The molecule has 1 saturated heterocycles. The Balaban J connectivity index is 2.01. The second-order valence-electron chi connectivity index (χ2n) is 5.39. The highest BCUT2D eigenvalue weighted by molar-refractivity contribution is 9.11. The normalized spacial score (nSPS) is 22.9. The molecule has 2 unspecified atom stereocenters. The molecule has 2 rings (SSSR count). The molecule has 1 aromatic rings. The highest BCUT2D eigenvalue weighted by Crippen LogP contribution is 2.31. The Morgan fingerprint density at radius 3 is 2.90 bits per heavy atom. The van der Waals surface area contributed by atoms with Crippen LogP contribution in [0.5, 0.6) is 0 Å². The summed E-state index contributed by atoms with van der Waals surface area (Å²) in [4.78, 5) is 0. The fraction of sp³-hybridized carbons (Fsp3) is 0.692. The Kier molecular flexibility index (Phi) is 5.64. The number of nitrogens with one attached hydrogen (secondary N) is 1. The second-order valence-corrected chi connectivity index (χ2v) is 9.66.